The van der Waals surface area contributed by atoms with Crippen LogP contribution in [0.2, 0.25) is 0 Å². The highest BCUT2D eigenvalue weighted by Crippen LogP contribution is 2.35. The minimum atomic E-state index is 0.00435. The van der Waals surface area contributed by atoms with Gasteiger partial charge in [0, 0.05) is 19.1 Å². The lowest BCUT2D eigenvalue weighted by Gasteiger charge is -2.32. The number of carbonyl (C=O) groups excluding carboxylic acids is 1. The van der Waals surface area contributed by atoms with Gasteiger partial charge in [-0.2, -0.15) is 0 Å². The zero-order valence-electron chi connectivity index (χ0n) is 12.0. The highest BCUT2D eigenvalue weighted by Gasteiger charge is 2.27. The van der Waals surface area contributed by atoms with Crippen LogP contribution in [0.25, 0.3) is 0 Å². The number of piperidine rings is 1. The molecule has 1 aliphatic heterocycles. The molecule has 3 N–H and O–H groups in total. The zero-order chi connectivity index (χ0) is 14.1. The van der Waals surface area contributed by atoms with Gasteiger partial charge in [-0.05, 0) is 37.7 Å². The molecule has 20 heavy (non-hydrogen) atoms. The third-order valence-corrected chi connectivity index (χ3v) is 5.58. The van der Waals surface area contributed by atoms with Gasteiger partial charge >= 0.3 is 0 Å². The summed E-state index contributed by atoms with van der Waals surface area (Å²) in [5.74, 6) is 0.867. The number of nitrogen functional groups attached to an aromatic ring is 1. The molecule has 1 amide bonds. The average Bonchev–Trinajstić information content (AvgIpc) is 3.18. The average molecular weight is 293 g/mol. The van der Waals surface area contributed by atoms with Gasteiger partial charge in [0.05, 0.1) is 10.7 Å². The van der Waals surface area contributed by atoms with E-state index in [-0.39, 0.29) is 5.91 Å². The largest absolute Gasteiger partial charge is 0.397 e. The Kier molecular flexibility index (Phi) is 3.87. The van der Waals surface area contributed by atoms with Crippen LogP contribution in [-0.4, -0.2) is 25.0 Å². The van der Waals surface area contributed by atoms with E-state index in [1.807, 2.05) is 6.07 Å². The topological polar surface area (TPSA) is 58.4 Å². The van der Waals surface area contributed by atoms with Gasteiger partial charge < -0.3 is 16.0 Å². The van der Waals surface area contributed by atoms with E-state index >= 15 is 0 Å². The van der Waals surface area contributed by atoms with Gasteiger partial charge in [0.2, 0.25) is 0 Å². The molecule has 1 aliphatic carbocycles. The number of amides is 1. The maximum atomic E-state index is 12.1. The molecule has 1 saturated carbocycles. The highest BCUT2D eigenvalue weighted by molar-refractivity contribution is 7.18. The predicted molar refractivity (Wildman–Crippen MR) is 84.4 cm³/mol. The summed E-state index contributed by atoms with van der Waals surface area (Å²) in [5, 5.41) is 4.17. The summed E-state index contributed by atoms with van der Waals surface area (Å²) in [7, 11) is 0. The van der Waals surface area contributed by atoms with Crippen LogP contribution < -0.4 is 16.0 Å². The fourth-order valence-corrected chi connectivity index (χ4v) is 3.80. The Morgan fingerprint density at radius 3 is 2.70 bits per heavy atom. The Labute approximate surface area is 124 Å². The molecule has 0 radical (unpaired) electrons. The summed E-state index contributed by atoms with van der Waals surface area (Å²) < 4.78 is 0. The molecule has 0 unspecified atom stereocenters. The number of hydrogen-bond donors (Lipinski definition) is 2. The van der Waals surface area contributed by atoms with E-state index in [4.69, 9.17) is 5.73 Å². The second kappa shape index (κ2) is 5.64. The molecule has 2 heterocycles. The maximum Gasteiger partial charge on any atom is 0.263 e. The highest BCUT2D eigenvalue weighted by atomic mass is 32.1. The predicted octanol–water partition coefficient (Wildman–Crippen LogP) is 2.85. The summed E-state index contributed by atoms with van der Waals surface area (Å²) in [5.41, 5.74) is 6.65. The van der Waals surface area contributed by atoms with Crippen LogP contribution >= 0.6 is 11.3 Å². The number of rotatable bonds is 4. The lowest BCUT2D eigenvalue weighted by molar-refractivity contribution is 0.0956. The molecular formula is C15H23N3OS. The van der Waals surface area contributed by atoms with Crippen LogP contribution in [0.3, 0.4) is 0 Å². The summed E-state index contributed by atoms with van der Waals surface area (Å²) in [6.45, 7) is 4.44. The number of thiophene rings is 1. The molecular weight excluding hydrogens is 270 g/mol. The molecule has 0 aromatic carbocycles. The molecule has 0 atom stereocenters. The first kappa shape index (κ1) is 13.7. The summed E-state index contributed by atoms with van der Waals surface area (Å²) in [6.07, 6.45) is 5.98. The standard InChI is InChI=1S/C15H23N3OS/c1-2-10-5-7-18(8-6-10)13-9-12(16)14(20-13)15(19)17-11-3-4-11/h9-11H,2-8,16H2,1H3,(H,17,19). The Morgan fingerprint density at radius 1 is 1.40 bits per heavy atom. The summed E-state index contributed by atoms with van der Waals surface area (Å²) in [6, 6.07) is 2.35. The summed E-state index contributed by atoms with van der Waals surface area (Å²) in [4.78, 5) is 15.2. The Morgan fingerprint density at radius 2 is 2.10 bits per heavy atom. The second-order valence-electron chi connectivity index (χ2n) is 5.96. The molecule has 1 aromatic heterocycles. The second-order valence-corrected chi connectivity index (χ2v) is 6.99. The number of anilines is 2. The van der Waals surface area contributed by atoms with E-state index in [0.29, 0.717) is 16.6 Å². The molecule has 2 fully saturated rings. The van der Waals surface area contributed by atoms with E-state index in [1.54, 1.807) is 11.3 Å². The van der Waals surface area contributed by atoms with E-state index < -0.39 is 0 Å². The normalized spacial score (nSPS) is 20.1. The number of nitrogens with zero attached hydrogens (tertiary/aromatic N) is 1. The van der Waals surface area contributed by atoms with Gasteiger partial charge in [0.15, 0.2) is 0 Å². The fraction of sp³-hybridized carbons (Fsp3) is 0.667. The minimum absolute atomic E-state index is 0.00435. The first-order valence-corrected chi connectivity index (χ1v) is 8.44. The van der Waals surface area contributed by atoms with Gasteiger partial charge in [-0.25, -0.2) is 0 Å². The van der Waals surface area contributed by atoms with Crippen molar-refractivity contribution in [3.05, 3.63) is 10.9 Å². The summed E-state index contributed by atoms with van der Waals surface area (Å²) >= 11 is 1.54. The Bertz CT molecular complexity index is 487. The molecule has 4 nitrogen and oxygen atoms in total. The molecule has 0 bridgehead atoms. The van der Waals surface area contributed by atoms with Crippen LogP contribution in [0.15, 0.2) is 6.07 Å². The molecule has 1 aromatic rings. The number of carbonyl (C=O) groups is 1. The maximum absolute atomic E-state index is 12.1. The SMILES string of the molecule is CCC1CCN(c2cc(N)c(C(=O)NC3CC3)s2)CC1. The van der Waals surface area contributed by atoms with Crippen LogP contribution in [0, 0.1) is 5.92 Å². The quantitative estimate of drug-likeness (QED) is 0.897. The molecule has 110 valence electrons. The van der Waals surface area contributed by atoms with E-state index in [2.05, 4.69) is 17.1 Å². The van der Waals surface area contributed by atoms with Gasteiger partial charge in [-0.3, -0.25) is 4.79 Å². The third kappa shape index (κ3) is 2.92. The van der Waals surface area contributed by atoms with Crippen LogP contribution in [-0.2, 0) is 0 Å². The van der Waals surface area contributed by atoms with Crippen molar-refractivity contribution in [2.45, 2.75) is 45.1 Å². The number of nitrogens with two attached hydrogens (primary N) is 1. The monoisotopic (exact) mass is 293 g/mol. The van der Waals surface area contributed by atoms with E-state index in [0.717, 1.165) is 36.9 Å². The van der Waals surface area contributed by atoms with Crippen molar-refractivity contribution in [2.75, 3.05) is 23.7 Å². The smallest absolute Gasteiger partial charge is 0.263 e. The van der Waals surface area contributed by atoms with E-state index in [1.165, 1.54) is 19.3 Å². The third-order valence-electron chi connectivity index (χ3n) is 4.37. The first-order chi connectivity index (χ1) is 9.67. The molecule has 1 saturated heterocycles. The molecule has 3 rings (SSSR count). The van der Waals surface area contributed by atoms with Gasteiger partial charge in [0.1, 0.15) is 4.88 Å². The van der Waals surface area contributed by atoms with Crippen molar-refractivity contribution in [1.82, 2.24) is 5.32 Å². The lowest BCUT2D eigenvalue weighted by Crippen LogP contribution is -2.32. The minimum Gasteiger partial charge on any atom is -0.397 e. The van der Waals surface area contributed by atoms with Crippen LogP contribution in [0.1, 0.15) is 48.7 Å². The van der Waals surface area contributed by atoms with Gasteiger partial charge in [-0.15, -0.1) is 11.3 Å². The van der Waals surface area contributed by atoms with Crippen molar-refractivity contribution in [2.24, 2.45) is 5.92 Å². The lowest BCUT2D eigenvalue weighted by atomic mass is 9.95. The number of nitrogens with one attached hydrogen (secondary N) is 1. The van der Waals surface area contributed by atoms with Crippen molar-refractivity contribution < 1.29 is 4.79 Å². The zero-order valence-corrected chi connectivity index (χ0v) is 12.8. The van der Waals surface area contributed by atoms with E-state index in [9.17, 15) is 4.79 Å². The van der Waals surface area contributed by atoms with Crippen molar-refractivity contribution >= 4 is 27.9 Å². The van der Waals surface area contributed by atoms with Crippen LogP contribution in [0.5, 0.6) is 0 Å². The Hall–Kier alpha value is -1.23. The first-order valence-electron chi connectivity index (χ1n) is 7.62. The van der Waals surface area contributed by atoms with Crippen molar-refractivity contribution in [3.63, 3.8) is 0 Å². The number of hydrogen-bond acceptors (Lipinski definition) is 4. The Balaban J connectivity index is 1.67. The van der Waals surface area contributed by atoms with Crippen molar-refractivity contribution in [3.8, 4) is 0 Å². The van der Waals surface area contributed by atoms with Gasteiger partial charge in [-0.1, -0.05) is 13.3 Å². The fourth-order valence-electron chi connectivity index (χ4n) is 2.77. The van der Waals surface area contributed by atoms with Gasteiger partial charge in [0.25, 0.3) is 5.91 Å². The van der Waals surface area contributed by atoms with Crippen LogP contribution in [0.4, 0.5) is 10.7 Å². The molecule has 5 heteroatoms. The molecule has 0 spiro atoms. The van der Waals surface area contributed by atoms with Crippen molar-refractivity contribution in [1.29, 1.82) is 0 Å². The molecule has 2 aliphatic rings.